The van der Waals surface area contributed by atoms with E-state index in [0.29, 0.717) is 5.92 Å². The highest BCUT2D eigenvalue weighted by atomic mass is 16.5. The number of nitrogens with one attached hydrogen (secondary N) is 1. The van der Waals surface area contributed by atoms with Gasteiger partial charge in [0.05, 0.1) is 5.54 Å². The maximum absolute atomic E-state index is 5.64. The van der Waals surface area contributed by atoms with E-state index in [9.17, 15) is 0 Å². The molecule has 0 radical (unpaired) electrons. The van der Waals surface area contributed by atoms with Gasteiger partial charge in [-0.15, -0.1) is 0 Å². The van der Waals surface area contributed by atoms with Crippen LogP contribution in [0.3, 0.4) is 0 Å². The SMILES string of the molecule is CN1C2CCC1CC(c1noc(C3(C)CCCCN3)n1)C2. The first-order valence-corrected chi connectivity index (χ1v) is 8.47. The molecule has 1 N–H and O–H groups in total. The Morgan fingerprint density at radius 1 is 1.24 bits per heavy atom. The van der Waals surface area contributed by atoms with Gasteiger partial charge in [-0.1, -0.05) is 5.16 Å². The fraction of sp³-hybridized carbons (Fsp3) is 0.875. The van der Waals surface area contributed by atoms with Crippen LogP contribution in [-0.2, 0) is 5.54 Å². The summed E-state index contributed by atoms with van der Waals surface area (Å²) in [6.07, 6.45) is 8.62. The Labute approximate surface area is 126 Å². The molecule has 3 fully saturated rings. The molecule has 3 aliphatic heterocycles. The molecule has 4 rings (SSSR count). The molecule has 1 aromatic heterocycles. The lowest BCUT2D eigenvalue weighted by Gasteiger charge is -2.35. The van der Waals surface area contributed by atoms with E-state index in [-0.39, 0.29) is 5.54 Å². The third-order valence-corrected chi connectivity index (χ3v) is 6.00. The zero-order valence-electron chi connectivity index (χ0n) is 13.1. The molecule has 3 atom stereocenters. The smallest absolute Gasteiger partial charge is 0.246 e. The molecule has 0 spiro atoms. The molecule has 116 valence electrons. The molecule has 3 unspecified atom stereocenters. The van der Waals surface area contributed by atoms with Crippen LogP contribution in [-0.4, -0.2) is 40.7 Å². The number of aromatic nitrogens is 2. The predicted molar refractivity (Wildman–Crippen MR) is 80.1 cm³/mol. The van der Waals surface area contributed by atoms with E-state index in [4.69, 9.17) is 9.51 Å². The Bertz CT molecular complexity index is 494. The molecular formula is C16H26N4O. The second kappa shape index (κ2) is 5.06. The molecule has 4 heterocycles. The number of piperidine rings is 2. The van der Waals surface area contributed by atoms with E-state index in [1.165, 1.54) is 38.5 Å². The summed E-state index contributed by atoms with van der Waals surface area (Å²) in [4.78, 5) is 7.35. The van der Waals surface area contributed by atoms with Gasteiger partial charge in [0.2, 0.25) is 5.89 Å². The van der Waals surface area contributed by atoms with Gasteiger partial charge in [-0.25, -0.2) is 0 Å². The lowest BCUT2D eigenvalue weighted by atomic mass is 9.89. The average Bonchev–Trinajstić information content (AvgIpc) is 3.03. The minimum Gasteiger partial charge on any atom is -0.337 e. The third kappa shape index (κ3) is 2.30. The van der Waals surface area contributed by atoms with Crippen LogP contribution < -0.4 is 5.32 Å². The van der Waals surface area contributed by atoms with Crippen LogP contribution in [0.2, 0.25) is 0 Å². The topological polar surface area (TPSA) is 54.2 Å². The Balaban J connectivity index is 1.52. The van der Waals surface area contributed by atoms with Gasteiger partial charge in [0.15, 0.2) is 5.82 Å². The number of fused-ring (bicyclic) bond motifs is 2. The van der Waals surface area contributed by atoms with Gasteiger partial charge >= 0.3 is 0 Å². The van der Waals surface area contributed by atoms with Crippen LogP contribution in [0.4, 0.5) is 0 Å². The van der Waals surface area contributed by atoms with Crippen molar-refractivity contribution >= 4 is 0 Å². The summed E-state index contributed by atoms with van der Waals surface area (Å²) in [6, 6.07) is 1.44. The largest absolute Gasteiger partial charge is 0.337 e. The van der Waals surface area contributed by atoms with Crippen molar-refractivity contribution in [2.24, 2.45) is 0 Å². The van der Waals surface area contributed by atoms with E-state index in [0.717, 1.165) is 36.8 Å². The normalized spacial score (nSPS) is 40.6. The molecule has 0 saturated carbocycles. The maximum Gasteiger partial charge on any atom is 0.246 e. The number of hydrogen-bond donors (Lipinski definition) is 1. The summed E-state index contributed by atoms with van der Waals surface area (Å²) in [6.45, 7) is 3.24. The van der Waals surface area contributed by atoms with Gasteiger partial charge in [-0.3, -0.25) is 0 Å². The van der Waals surface area contributed by atoms with Gasteiger partial charge < -0.3 is 14.7 Å². The number of nitrogens with zero attached hydrogens (tertiary/aromatic N) is 3. The van der Waals surface area contributed by atoms with Gasteiger partial charge in [0.25, 0.3) is 0 Å². The zero-order chi connectivity index (χ0) is 14.4. The summed E-state index contributed by atoms with van der Waals surface area (Å²) >= 11 is 0. The Morgan fingerprint density at radius 2 is 2.00 bits per heavy atom. The highest BCUT2D eigenvalue weighted by molar-refractivity contribution is 5.09. The Hall–Kier alpha value is -0.940. The molecule has 0 amide bonds. The van der Waals surface area contributed by atoms with Crippen molar-refractivity contribution in [3.05, 3.63) is 11.7 Å². The molecule has 21 heavy (non-hydrogen) atoms. The van der Waals surface area contributed by atoms with Crippen molar-refractivity contribution in [2.45, 2.75) is 75.4 Å². The maximum atomic E-state index is 5.64. The van der Waals surface area contributed by atoms with Gasteiger partial charge in [-0.05, 0) is 65.5 Å². The van der Waals surface area contributed by atoms with Crippen molar-refractivity contribution in [3.8, 4) is 0 Å². The fourth-order valence-electron chi connectivity index (χ4n) is 4.49. The fourth-order valence-corrected chi connectivity index (χ4v) is 4.49. The summed E-state index contributed by atoms with van der Waals surface area (Å²) in [5.41, 5.74) is -0.117. The van der Waals surface area contributed by atoms with Crippen LogP contribution in [0.25, 0.3) is 0 Å². The van der Waals surface area contributed by atoms with Crippen molar-refractivity contribution in [3.63, 3.8) is 0 Å². The Kier molecular flexibility index (Phi) is 3.30. The van der Waals surface area contributed by atoms with Crippen LogP contribution >= 0.6 is 0 Å². The summed E-state index contributed by atoms with van der Waals surface area (Å²) < 4.78 is 5.64. The molecule has 5 heteroatoms. The minimum atomic E-state index is -0.117. The minimum absolute atomic E-state index is 0.117. The van der Waals surface area contributed by atoms with Gasteiger partial charge in [0.1, 0.15) is 0 Å². The lowest BCUT2D eigenvalue weighted by molar-refractivity contribution is 0.157. The molecule has 0 aromatic carbocycles. The number of rotatable bonds is 2. The van der Waals surface area contributed by atoms with Crippen LogP contribution in [0.1, 0.15) is 69.5 Å². The van der Waals surface area contributed by atoms with Gasteiger partial charge in [-0.2, -0.15) is 4.98 Å². The van der Waals surface area contributed by atoms with E-state index >= 15 is 0 Å². The lowest BCUT2D eigenvalue weighted by Crippen LogP contribution is -2.43. The molecule has 1 aromatic rings. The Morgan fingerprint density at radius 3 is 2.67 bits per heavy atom. The monoisotopic (exact) mass is 290 g/mol. The van der Waals surface area contributed by atoms with Crippen molar-refractivity contribution in [1.82, 2.24) is 20.4 Å². The van der Waals surface area contributed by atoms with E-state index in [2.05, 4.69) is 29.3 Å². The summed E-state index contributed by atoms with van der Waals surface area (Å²) in [5.74, 6) is 2.23. The molecule has 5 nitrogen and oxygen atoms in total. The molecular weight excluding hydrogens is 264 g/mol. The first-order valence-electron chi connectivity index (χ1n) is 8.47. The van der Waals surface area contributed by atoms with E-state index in [1.54, 1.807) is 0 Å². The quantitative estimate of drug-likeness (QED) is 0.906. The zero-order valence-corrected chi connectivity index (χ0v) is 13.1. The molecule has 2 bridgehead atoms. The summed E-state index contributed by atoms with van der Waals surface area (Å²) in [7, 11) is 2.27. The van der Waals surface area contributed by atoms with E-state index in [1.807, 2.05) is 0 Å². The van der Waals surface area contributed by atoms with Crippen LogP contribution in [0, 0.1) is 0 Å². The van der Waals surface area contributed by atoms with Crippen molar-refractivity contribution < 1.29 is 4.52 Å². The molecule has 0 aliphatic carbocycles. The third-order valence-electron chi connectivity index (χ3n) is 6.00. The first-order chi connectivity index (χ1) is 10.2. The van der Waals surface area contributed by atoms with Gasteiger partial charge in [0, 0.05) is 18.0 Å². The summed E-state index contributed by atoms with van der Waals surface area (Å²) in [5, 5.41) is 7.90. The molecule has 3 saturated heterocycles. The highest BCUT2D eigenvalue weighted by Crippen LogP contribution is 2.41. The highest BCUT2D eigenvalue weighted by Gasteiger charge is 2.41. The molecule has 3 aliphatic rings. The average molecular weight is 290 g/mol. The van der Waals surface area contributed by atoms with Crippen LogP contribution in [0.5, 0.6) is 0 Å². The first kappa shape index (κ1) is 13.7. The predicted octanol–water partition coefficient (Wildman–Crippen LogP) is 2.40. The second-order valence-electron chi connectivity index (χ2n) is 7.39. The van der Waals surface area contributed by atoms with Crippen LogP contribution in [0.15, 0.2) is 4.52 Å². The van der Waals surface area contributed by atoms with Crippen molar-refractivity contribution in [2.75, 3.05) is 13.6 Å². The van der Waals surface area contributed by atoms with E-state index < -0.39 is 0 Å². The second-order valence-corrected chi connectivity index (χ2v) is 7.39. The van der Waals surface area contributed by atoms with Crippen molar-refractivity contribution in [1.29, 1.82) is 0 Å². The number of hydrogen-bond acceptors (Lipinski definition) is 5. The standard InChI is InChI=1S/C16H26N4O/c1-16(7-3-4-8-17-16)15-18-14(19-21-15)11-9-12-5-6-13(10-11)20(12)2/h11-13,17H,3-10H2,1-2H3.